The predicted molar refractivity (Wildman–Crippen MR) is 99.7 cm³/mol. The molecule has 1 N–H and O–H groups in total. The molecule has 0 saturated carbocycles. The third kappa shape index (κ3) is 3.36. The number of carbonyl (C=O) groups excluding carboxylic acids is 1. The maximum absolute atomic E-state index is 12.9. The summed E-state index contributed by atoms with van der Waals surface area (Å²) in [7, 11) is 2.90. The number of hydrogen-bond acceptors (Lipinski definition) is 4. The summed E-state index contributed by atoms with van der Waals surface area (Å²) in [4.78, 5) is 37.3. The van der Waals surface area contributed by atoms with E-state index in [-0.39, 0.29) is 11.5 Å². The molecule has 0 radical (unpaired) electrons. The SMILES string of the molecule is [C-]#[N+]c1ccc(-c2c(C)[nH]n(-c3ccc(C(=O)N(C)OC)cn3)c2=O)cc1. The number of rotatable bonds is 4. The normalized spacial score (nSPS) is 10.4. The minimum Gasteiger partial charge on any atom is -0.293 e. The first-order valence-corrected chi connectivity index (χ1v) is 8.04. The van der Waals surface area contributed by atoms with Crippen molar-refractivity contribution in [1.82, 2.24) is 19.8 Å². The third-order valence-electron chi connectivity index (χ3n) is 4.14. The van der Waals surface area contributed by atoms with Crippen LogP contribution in [0.15, 0.2) is 47.4 Å². The monoisotopic (exact) mass is 363 g/mol. The van der Waals surface area contributed by atoms with Crippen molar-refractivity contribution < 1.29 is 9.63 Å². The molecule has 2 heterocycles. The Morgan fingerprint density at radius 2 is 1.96 bits per heavy atom. The molecule has 8 heteroatoms. The fourth-order valence-corrected chi connectivity index (χ4v) is 2.66. The summed E-state index contributed by atoms with van der Waals surface area (Å²) in [5.41, 5.74) is 2.49. The highest BCUT2D eigenvalue weighted by molar-refractivity contribution is 5.93. The van der Waals surface area contributed by atoms with Crippen molar-refractivity contribution in [1.29, 1.82) is 0 Å². The minimum atomic E-state index is -0.341. The molecule has 0 bridgehead atoms. The van der Waals surface area contributed by atoms with Crippen LogP contribution in [-0.2, 0) is 4.84 Å². The van der Waals surface area contributed by atoms with Crippen molar-refractivity contribution in [2.75, 3.05) is 14.2 Å². The van der Waals surface area contributed by atoms with Gasteiger partial charge in [0.15, 0.2) is 11.5 Å². The Balaban J connectivity index is 1.98. The molecule has 1 aromatic carbocycles. The van der Waals surface area contributed by atoms with Gasteiger partial charge in [0.05, 0.1) is 24.8 Å². The highest BCUT2D eigenvalue weighted by Gasteiger charge is 2.16. The summed E-state index contributed by atoms with van der Waals surface area (Å²) in [5.74, 6) is 0.0240. The number of hydroxylamine groups is 2. The average molecular weight is 363 g/mol. The number of nitrogens with zero attached hydrogens (tertiary/aromatic N) is 4. The summed E-state index contributed by atoms with van der Waals surface area (Å²) >= 11 is 0. The first-order valence-electron chi connectivity index (χ1n) is 8.04. The number of aromatic nitrogens is 3. The van der Waals surface area contributed by atoms with Gasteiger partial charge in [-0.15, -0.1) is 0 Å². The molecular formula is C19H17N5O3. The van der Waals surface area contributed by atoms with Gasteiger partial charge in [0.25, 0.3) is 11.5 Å². The highest BCUT2D eigenvalue weighted by Crippen LogP contribution is 2.22. The van der Waals surface area contributed by atoms with Gasteiger partial charge < -0.3 is 0 Å². The largest absolute Gasteiger partial charge is 0.293 e. The molecule has 0 spiro atoms. The lowest BCUT2D eigenvalue weighted by atomic mass is 10.1. The van der Waals surface area contributed by atoms with Crippen LogP contribution in [-0.4, -0.2) is 39.9 Å². The van der Waals surface area contributed by atoms with Crippen LogP contribution >= 0.6 is 0 Å². The maximum atomic E-state index is 12.9. The van der Waals surface area contributed by atoms with E-state index in [1.165, 1.54) is 25.0 Å². The van der Waals surface area contributed by atoms with Crippen molar-refractivity contribution in [2.45, 2.75) is 6.92 Å². The number of aryl methyl sites for hydroxylation is 1. The zero-order valence-corrected chi connectivity index (χ0v) is 15.1. The third-order valence-corrected chi connectivity index (χ3v) is 4.14. The van der Waals surface area contributed by atoms with Crippen LogP contribution in [0.2, 0.25) is 0 Å². The van der Waals surface area contributed by atoms with Gasteiger partial charge in [-0.25, -0.2) is 19.6 Å². The molecule has 3 aromatic rings. The molecule has 136 valence electrons. The van der Waals surface area contributed by atoms with E-state index in [0.29, 0.717) is 33.9 Å². The zero-order valence-electron chi connectivity index (χ0n) is 15.1. The Hall–Kier alpha value is -3.70. The molecule has 27 heavy (non-hydrogen) atoms. The molecule has 3 rings (SSSR count). The average Bonchev–Trinajstić information content (AvgIpc) is 3.01. The van der Waals surface area contributed by atoms with E-state index in [4.69, 9.17) is 11.4 Å². The van der Waals surface area contributed by atoms with Crippen molar-refractivity contribution in [3.8, 4) is 16.9 Å². The highest BCUT2D eigenvalue weighted by atomic mass is 16.7. The van der Waals surface area contributed by atoms with Gasteiger partial charge in [0.2, 0.25) is 0 Å². The van der Waals surface area contributed by atoms with E-state index in [9.17, 15) is 9.59 Å². The van der Waals surface area contributed by atoms with Crippen molar-refractivity contribution in [2.24, 2.45) is 0 Å². The Bertz CT molecular complexity index is 1070. The quantitative estimate of drug-likeness (QED) is 0.571. The summed E-state index contributed by atoms with van der Waals surface area (Å²) < 4.78 is 1.32. The predicted octanol–water partition coefficient (Wildman–Crippen LogP) is 2.72. The molecule has 0 aliphatic heterocycles. The first-order chi connectivity index (χ1) is 13.0. The van der Waals surface area contributed by atoms with Gasteiger partial charge in [-0.2, -0.15) is 0 Å². The second kappa shape index (κ2) is 7.27. The second-order valence-electron chi connectivity index (χ2n) is 5.80. The molecule has 0 atom stereocenters. The zero-order chi connectivity index (χ0) is 19.6. The smallest absolute Gasteiger partial charge is 0.280 e. The number of nitrogens with one attached hydrogen (secondary N) is 1. The number of hydrogen-bond donors (Lipinski definition) is 1. The summed E-state index contributed by atoms with van der Waals surface area (Å²) in [6, 6.07) is 9.98. The van der Waals surface area contributed by atoms with Crippen LogP contribution in [0.25, 0.3) is 21.8 Å². The van der Waals surface area contributed by atoms with Gasteiger partial charge in [0.1, 0.15) is 0 Å². The Kier molecular flexibility index (Phi) is 4.88. The van der Waals surface area contributed by atoms with Gasteiger partial charge in [-0.1, -0.05) is 24.3 Å². The minimum absolute atomic E-state index is 0.261. The molecule has 0 aliphatic rings. The molecule has 0 saturated heterocycles. The number of H-pyrrole nitrogens is 1. The van der Waals surface area contributed by atoms with Crippen molar-refractivity contribution >= 4 is 11.6 Å². The van der Waals surface area contributed by atoms with E-state index in [2.05, 4.69) is 14.9 Å². The number of aromatic amines is 1. The topological polar surface area (TPSA) is 84.6 Å². The molecular weight excluding hydrogens is 346 g/mol. The lowest BCUT2D eigenvalue weighted by molar-refractivity contribution is -0.0757. The fourth-order valence-electron chi connectivity index (χ4n) is 2.66. The van der Waals surface area contributed by atoms with Gasteiger partial charge in [0, 0.05) is 18.9 Å². The van der Waals surface area contributed by atoms with Gasteiger partial charge >= 0.3 is 0 Å². The van der Waals surface area contributed by atoms with Crippen LogP contribution in [0.1, 0.15) is 16.1 Å². The van der Waals surface area contributed by atoms with Crippen molar-refractivity contribution in [3.63, 3.8) is 0 Å². The number of carbonyl (C=O) groups is 1. The van der Waals surface area contributed by atoms with Crippen LogP contribution in [0.5, 0.6) is 0 Å². The number of benzene rings is 1. The lowest BCUT2D eigenvalue weighted by Gasteiger charge is -2.13. The number of amides is 1. The van der Waals surface area contributed by atoms with E-state index < -0.39 is 0 Å². The lowest BCUT2D eigenvalue weighted by Crippen LogP contribution is -2.25. The van der Waals surface area contributed by atoms with E-state index in [1.807, 2.05) is 0 Å². The molecule has 1 amide bonds. The number of pyridine rings is 1. The van der Waals surface area contributed by atoms with Gasteiger partial charge in [-0.05, 0) is 24.6 Å². The molecule has 0 unspecified atom stereocenters. The second-order valence-corrected chi connectivity index (χ2v) is 5.80. The fraction of sp³-hybridized carbons (Fsp3) is 0.158. The summed E-state index contributed by atoms with van der Waals surface area (Å²) in [5, 5.41) is 4.09. The van der Waals surface area contributed by atoms with Crippen LogP contribution < -0.4 is 5.56 Å². The molecule has 0 aliphatic carbocycles. The molecule has 0 fully saturated rings. The van der Waals surface area contributed by atoms with E-state index in [0.717, 1.165) is 5.06 Å². The standard InChI is InChI=1S/C19H17N5O3/c1-12-17(13-5-8-15(20-2)9-6-13)19(26)24(22-12)16-10-7-14(11-21-16)18(25)23(3)27-4/h5-11,22H,1,3-4H3. The Morgan fingerprint density at radius 3 is 2.52 bits per heavy atom. The van der Waals surface area contributed by atoms with Gasteiger partial charge in [-0.3, -0.25) is 19.5 Å². The first kappa shape index (κ1) is 18.1. The molecule has 8 nitrogen and oxygen atoms in total. The maximum Gasteiger partial charge on any atom is 0.280 e. The van der Waals surface area contributed by atoms with Crippen molar-refractivity contribution in [3.05, 3.63) is 75.6 Å². The van der Waals surface area contributed by atoms with Crippen LogP contribution in [0.3, 0.4) is 0 Å². The summed E-state index contributed by atoms with van der Waals surface area (Å²) in [6.45, 7) is 8.81. The summed E-state index contributed by atoms with van der Waals surface area (Å²) in [6.07, 6.45) is 1.39. The Morgan fingerprint density at radius 1 is 1.26 bits per heavy atom. The van der Waals surface area contributed by atoms with E-state index in [1.54, 1.807) is 43.3 Å². The van der Waals surface area contributed by atoms with Crippen LogP contribution in [0.4, 0.5) is 5.69 Å². The Labute approximate surface area is 155 Å². The van der Waals surface area contributed by atoms with Crippen LogP contribution in [0, 0.1) is 13.5 Å². The van der Waals surface area contributed by atoms with E-state index >= 15 is 0 Å². The molecule has 2 aromatic heterocycles.